The molecule has 19 rings (SSSR count). The van der Waals surface area contributed by atoms with E-state index in [2.05, 4.69) is 359 Å². The maximum Gasteiger partial charge on any atom is 0.0714 e. The molecule has 0 aliphatic heterocycles. The van der Waals surface area contributed by atoms with Gasteiger partial charge in [-0.1, -0.05) is 316 Å². The predicted octanol–water partition coefficient (Wildman–Crippen LogP) is 25.3. The first-order valence-corrected chi connectivity index (χ1v) is 34.8. The van der Waals surface area contributed by atoms with Crippen LogP contribution >= 0.6 is 0 Å². The fourth-order valence-electron chi connectivity index (χ4n) is 19.1. The fourth-order valence-corrected chi connectivity index (χ4v) is 19.1. The van der Waals surface area contributed by atoms with E-state index < -0.39 is 5.41 Å². The van der Waals surface area contributed by atoms with Crippen molar-refractivity contribution in [2.45, 2.75) is 82.5 Å². The van der Waals surface area contributed by atoms with Crippen LogP contribution in [0, 0.1) is 0 Å². The highest BCUT2D eigenvalue weighted by Crippen LogP contribution is 2.64. The molecule has 0 heterocycles. The minimum absolute atomic E-state index is 0.207. The van der Waals surface area contributed by atoms with Crippen molar-refractivity contribution < 1.29 is 0 Å². The van der Waals surface area contributed by atoms with Crippen molar-refractivity contribution in [3.63, 3.8) is 0 Å². The van der Waals surface area contributed by atoms with E-state index >= 15 is 0 Å². The molecule has 0 N–H and O–H groups in total. The lowest BCUT2D eigenvalue weighted by atomic mass is 9.65. The molecule has 0 saturated heterocycles. The van der Waals surface area contributed by atoms with Crippen molar-refractivity contribution >= 4 is 0 Å². The van der Waals surface area contributed by atoms with Crippen LogP contribution in [0.15, 0.2) is 303 Å². The fraction of sp³-hybridized carbons (Fsp3) is 0.134. The van der Waals surface area contributed by atoms with Crippen LogP contribution in [0.4, 0.5) is 0 Å². The van der Waals surface area contributed by atoms with Crippen LogP contribution in [0.2, 0.25) is 0 Å². The number of fused-ring (bicyclic) bond motifs is 15. The maximum absolute atomic E-state index is 2.64. The Morgan fingerprint density at radius 3 is 0.763 bits per heavy atom. The van der Waals surface area contributed by atoms with Gasteiger partial charge in [0, 0.05) is 21.7 Å². The average molecular weight is 1240 g/mol. The molecule has 0 bridgehead atoms. The molecule has 0 radical (unpaired) electrons. The Morgan fingerprint density at radius 2 is 0.412 bits per heavy atom. The zero-order valence-corrected chi connectivity index (χ0v) is 56.4. The molecule has 0 saturated carbocycles. The van der Waals surface area contributed by atoms with Gasteiger partial charge >= 0.3 is 0 Å². The molecule has 0 atom stereocenters. The highest BCUT2D eigenvalue weighted by atomic mass is 14.5. The Labute approximate surface area is 571 Å². The molecule has 14 aromatic rings. The smallest absolute Gasteiger partial charge is 0.0622 e. The number of rotatable bonds is 8. The summed E-state index contributed by atoms with van der Waals surface area (Å²) in [5, 5.41) is 0. The normalized spacial score (nSPS) is 15.6. The summed E-state index contributed by atoms with van der Waals surface area (Å²) in [7, 11) is 0. The first-order valence-electron chi connectivity index (χ1n) is 34.8. The summed E-state index contributed by atoms with van der Waals surface area (Å²) >= 11 is 0. The number of benzene rings is 14. The third kappa shape index (κ3) is 7.93. The monoisotopic (exact) mass is 1240 g/mol. The average Bonchev–Trinajstić information content (AvgIpc) is 1.56. The summed E-state index contributed by atoms with van der Waals surface area (Å²) in [6.45, 7) is 19.3. The molecule has 5 aliphatic rings. The Balaban J connectivity index is 1.01. The Kier molecular flexibility index (Phi) is 12.2. The molecule has 0 nitrogen and oxygen atoms in total. The Bertz CT molecular complexity index is 5170. The predicted molar refractivity (Wildman–Crippen MR) is 407 cm³/mol. The summed E-state index contributed by atoms with van der Waals surface area (Å²) in [6.07, 6.45) is 0. The van der Waals surface area contributed by atoms with E-state index in [1.54, 1.807) is 0 Å². The number of hydrogen-bond donors (Lipinski definition) is 0. The minimum atomic E-state index is -0.954. The van der Waals surface area contributed by atoms with Gasteiger partial charge in [0.2, 0.25) is 0 Å². The van der Waals surface area contributed by atoms with Gasteiger partial charge in [-0.3, -0.25) is 0 Å². The standard InChI is InChI=1S/C97H74/c1-93(2)78-41-19-15-32-73(78)88-69(37-23-45-82(88)93)62-52-63(70-38-24-46-83-89(70)74-33-16-20-42-79(74)94(83,3)4)55-66(54-62)97(86-49-27-36-68(60-30-13-10-14-31-60)92(86)77-51-50-61(58-87(77)97)59-28-11-9-12-29-59)67-56-64(71-39-25-47-84-90(71)75-34-17-21-43-80(75)95(84,5)6)53-65(57-67)72-40-26-48-85-91(72)76-35-18-22-44-81(76)96(85,7)8/h9-58H,1-8H3. The van der Waals surface area contributed by atoms with E-state index in [1.165, 1.54) is 189 Å². The lowest BCUT2D eigenvalue weighted by molar-refractivity contribution is 0.660. The number of hydrogen-bond acceptors (Lipinski definition) is 0. The van der Waals surface area contributed by atoms with E-state index in [0.717, 1.165) is 0 Å². The molecular weight excluding hydrogens is 1170 g/mol. The van der Waals surface area contributed by atoms with Crippen molar-refractivity contribution in [2.24, 2.45) is 0 Å². The van der Waals surface area contributed by atoms with Crippen LogP contribution < -0.4 is 0 Å². The molecule has 0 amide bonds. The molecule has 462 valence electrons. The van der Waals surface area contributed by atoms with Crippen molar-refractivity contribution in [3.05, 3.63) is 370 Å². The first kappa shape index (κ1) is 57.5. The van der Waals surface area contributed by atoms with Gasteiger partial charge in [-0.05, 0) is 232 Å². The van der Waals surface area contributed by atoms with Gasteiger partial charge in [-0.25, -0.2) is 0 Å². The first-order chi connectivity index (χ1) is 47.1. The van der Waals surface area contributed by atoms with E-state index in [1.807, 2.05) is 0 Å². The molecular formula is C97H74. The molecule has 5 aliphatic carbocycles. The van der Waals surface area contributed by atoms with Crippen LogP contribution in [0.1, 0.15) is 122 Å². The van der Waals surface area contributed by atoms with E-state index in [0.29, 0.717) is 0 Å². The molecule has 0 fully saturated rings. The second-order valence-corrected chi connectivity index (χ2v) is 30.2. The van der Waals surface area contributed by atoms with Crippen LogP contribution in [0.3, 0.4) is 0 Å². The maximum atomic E-state index is 2.64. The van der Waals surface area contributed by atoms with Crippen LogP contribution in [0.25, 0.3) is 122 Å². The van der Waals surface area contributed by atoms with Gasteiger partial charge < -0.3 is 0 Å². The van der Waals surface area contributed by atoms with Gasteiger partial charge in [0.25, 0.3) is 0 Å². The molecule has 0 heteroatoms. The second kappa shape index (κ2) is 20.6. The van der Waals surface area contributed by atoms with E-state index in [9.17, 15) is 0 Å². The van der Waals surface area contributed by atoms with Gasteiger partial charge in [0.05, 0.1) is 5.41 Å². The topological polar surface area (TPSA) is 0 Å². The second-order valence-electron chi connectivity index (χ2n) is 30.2. The van der Waals surface area contributed by atoms with Crippen LogP contribution in [-0.4, -0.2) is 0 Å². The third-order valence-corrected chi connectivity index (χ3v) is 23.8. The molecule has 0 spiro atoms. The largest absolute Gasteiger partial charge is 0.0714 e. The van der Waals surface area contributed by atoms with Gasteiger partial charge in [-0.2, -0.15) is 0 Å². The summed E-state index contributed by atoms with van der Waals surface area (Å²) in [4.78, 5) is 0. The summed E-state index contributed by atoms with van der Waals surface area (Å²) in [5.41, 5.74) is 41.7. The molecule has 97 heavy (non-hydrogen) atoms. The van der Waals surface area contributed by atoms with Crippen LogP contribution in [-0.2, 0) is 27.1 Å². The summed E-state index contributed by atoms with van der Waals surface area (Å²) < 4.78 is 0. The lowest BCUT2D eigenvalue weighted by Gasteiger charge is -2.36. The lowest BCUT2D eigenvalue weighted by Crippen LogP contribution is -2.29. The van der Waals surface area contributed by atoms with E-state index in [-0.39, 0.29) is 21.7 Å². The SMILES string of the molecule is CC1(C)c2ccccc2-c2c(-c3cc(-c4cccc5c4-c4ccccc4C5(C)C)cc(C4(c5cc(-c6cccc7c6-c6ccccc6C7(C)C)cc(-c6cccc7c6-c6ccccc6C7(C)C)c5)c5cc(-c6ccccc6)ccc5-c5c(-c6ccccc6)cccc54)c3)cccc21. The highest BCUT2D eigenvalue weighted by Gasteiger charge is 2.50. The van der Waals surface area contributed by atoms with Crippen molar-refractivity contribution in [1.82, 2.24) is 0 Å². The van der Waals surface area contributed by atoms with Gasteiger partial charge in [-0.15, -0.1) is 0 Å². The van der Waals surface area contributed by atoms with Crippen LogP contribution in [0.5, 0.6) is 0 Å². The highest BCUT2D eigenvalue weighted by molar-refractivity contribution is 6.03. The third-order valence-electron chi connectivity index (χ3n) is 23.8. The Hall–Kier alpha value is -10.9. The summed E-state index contributed by atoms with van der Waals surface area (Å²) in [5.74, 6) is 0. The summed E-state index contributed by atoms with van der Waals surface area (Å²) in [6, 6.07) is 118. The molecule has 0 unspecified atom stereocenters. The zero-order valence-electron chi connectivity index (χ0n) is 56.4. The van der Waals surface area contributed by atoms with Gasteiger partial charge in [0.1, 0.15) is 0 Å². The molecule has 0 aromatic heterocycles. The van der Waals surface area contributed by atoms with Crippen molar-refractivity contribution in [2.75, 3.05) is 0 Å². The quantitative estimate of drug-likeness (QED) is 0.142. The van der Waals surface area contributed by atoms with Crippen molar-refractivity contribution in [1.29, 1.82) is 0 Å². The zero-order chi connectivity index (χ0) is 65.5. The molecule has 14 aromatic carbocycles. The van der Waals surface area contributed by atoms with Crippen molar-refractivity contribution in [3.8, 4) is 122 Å². The van der Waals surface area contributed by atoms with E-state index in [4.69, 9.17) is 0 Å². The Morgan fingerprint density at radius 1 is 0.155 bits per heavy atom. The van der Waals surface area contributed by atoms with Gasteiger partial charge in [0.15, 0.2) is 0 Å². The minimum Gasteiger partial charge on any atom is -0.0622 e.